The number of rotatable bonds is 7. The predicted octanol–water partition coefficient (Wildman–Crippen LogP) is 2.29. The molecule has 26 heavy (non-hydrogen) atoms. The number of halogens is 1. The molecule has 0 aliphatic carbocycles. The van der Waals surface area contributed by atoms with Crippen LogP contribution in [0.3, 0.4) is 0 Å². The number of sulfonamides is 1. The van der Waals surface area contributed by atoms with E-state index < -0.39 is 10.0 Å². The van der Waals surface area contributed by atoms with E-state index in [2.05, 4.69) is 15.0 Å². The number of hydrogen-bond donors (Lipinski definition) is 3. The van der Waals surface area contributed by atoms with Gasteiger partial charge in [0.15, 0.2) is 5.96 Å². The highest BCUT2D eigenvalue weighted by Crippen LogP contribution is 2.16. The number of nitrogens with two attached hydrogens (primary N) is 1. The monoisotopic (exact) mass is 490 g/mol. The van der Waals surface area contributed by atoms with Crippen molar-refractivity contribution in [3.8, 4) is 0 Å². The minimum Gasteiger partial charge on any atom is -0.380 e. The molecule has 2 aromatic rings. The summed E-state index contributed by atoms with van der Waals surface area (Å²) in [5.74, 6) is 0.274. The molecule has 2 rings (SSSR count). The van der Waals surface area contributed by atoms with Crippen molar-refractivity contribution >= 4 is 45.6 Å². The number of nitrogens with zero attached hydrogens (tertiary/aromatic N) is 1. The fourth-order valence-corrected chi connectivity index (χ4v) is 2.90. The van der Waals surface area contributed by atoms with Crippen LogP contribution < -0.4 is 15.8 Å². The standard InChI is InChI=1S/C17H22N4O3S.HI/c1-19-25(22,23)15-9-7-13(8-10-15)11-20-17(18)21-16-6-4-3-5-14(16)12-24-2;/h3-10,19H,11-12H2,1-2H3,(H3,18,20,21);1H. The second-order valence-electron chi connectivity index (χ2n) is 5.27. The third-order valence-electron chi connectivity index (χ3n) is 3.51. The molecule has 0 bridgehead atoms. The third kappa shape index (κ3) is 6.24. The average molecular weight is 490 g/mol. The lowest BCUT2D eigenvalue weighted by atomic mass is 10.2. The molecule has 4 N–H and O–H groups in total. The summed E-state index contributed by atoms with van der Waals surface area (Å²) in [5, 5.41) is 3.05. The van der Waals surface area contributed by atoms with Crippen molar-refractivity contribution < 1.29 is 13.2 Å². The largest absolute Gasteiger partial charge is 0.380 e. The molecule has 7 nitrogen and oxygen atoms in total. The maximum atomic E-state index is 11.7. The molecule has 142 valence electrons. The number of hydrogen-bond acceptors (Lipinski definition) is 4. The van der Waals surface area contributed by atoms with Gasteiger partial charge in [-0.15, -0.1) is 24.0 Å². The first kappa shape index (κ1) is 22.4. The van der Waals surface area contributed by atoms with Crippen LogP contribution in [0.15, 0.2) is 58.4 Å². The van der Waals surface area contributed by atoms with Crippen LogP contribution in [0, 0.1) is 0 Å². The number of methoxy groups -OCH3 is 1. The second kappa shape index (κ2) is 10.5. The van der Waals surface area contributed by atoms with Gasteiger partial charge in [0, 0.05) is 18.4 Å². The summed E-state index contributed by atoms with van der Waals surface area (Å²) in [6, 6.07) is 14.2. The predicted molar refractivity (Wildman–Crippen MR) is 114 cm³/mol. The second-order valence-corrected chi connectivity index (χ2v) is 7.15. The highest BCUT2D eigenvalue weighted by Gasteiger charge is 2.10. The summed E-state index contributed by atoms with van der Waals surface area (Å²) in [6.07, 6.45) is 0. The van der Waals surface area contributed by atoms with Crippen molar-refractivity contribution in [1.29, 1.82) is 0 Å². The number of ether oxygens (including phenoxy) is 1. The maximum Gasteiger partial charge on any atom is 0.240 e. The van der Waals surface area contributed by atoms with Crippen LogP contribution in [0.4, 0.5) is 5.69 Å². The van der Waals surface area contributed by atoms with Gasteiger partial charge in [-0.2, -0.15) is 0 Å². The number of para-hydroxylation sites is 1. The van der Waals surface area contributed by atoms with Crippen molar-refractivity contribution in [2.45, 2.75) is 18.0 Å². The topological polar surface area (TPSA) is 106 Å². The van der Waals surface area contributed by atoms with Crippen molar-refractivity contribution in [2.24, 2.45) is 10.7 Å². The molecule has 0 saturated carbocycles. The zero-order chi connectivity index (χ0) is 18.3. The Morgan fingerprint density at radius 2 is 1.81 bits per heavy atom. The van der Waals surface area contributed by atoms with Gasteiger partial charge < -0.3 is 15.8 Å². The van der Waals surface area contributed by atoms with Gasteiger partial charge in [0.05, 0.1) is 18.0 Å². The summed E-state index contributed by atoms with van der Waals surface area (Å²) < 4.78 is 30.8. The third-order valence-corrected chi connectivity index (χ3v) is 4.94. The lowest BCUT2D eigenvalue weighted by Gasteiger charge is -2.11. The molecule has 0 heterocycles. The van der Waals surface area contributed by atoms with E-state index in [1.54, 1.807) is 19.2 Å². The minimum absolute atomic E-state index is 0. The molecule has 0 aliphatic rings. The Labute approximate surface area is 171 Å². The number of aliphatic imine (C=N–C) groups is 1. The Kier molecular flexibility index (Phi) is 8.99. The number of guanidine groups is 1. The molecule has 0 amide bonds. The van der Waals surface area contributed by atoms with E-state index in [0.29, 0.717) is 13.2 Å². The SMILES string of the molecule is CNS(=O)(=O)c1ccc(CN=C(N)Nc2ccccc2COC)cc1.I. The molecular formula is C17H23IN4O3S. The Morgan fingerprint density at radius 1 is 1.15 bits per heavy atom. The highest BCUT2D eigenvalue weighted by molar-refractivity contribution is 14.0. The summed E-state index contributed by atoms with van der Waals surface area (Å²) in [6.45, 7) is 0.809. The minimum atomic E-state index is -3.43. The van der Waals surface area contributed by atoms with Crippen LogP contribution >= 0.6 is 24.0 Å². The van der Waals surface area contributed by atoms with Gasteiger partial charge in [0.25, 0.3) is 0 Å². The molecule has 0 aliphatic heterocycles. The molecule has 2 aromatic carbocycles. The molecule has 0 fully saturated rings. The van der Waals surface area contributed by atoms with E-state index in [9.17, 15) is 8.42 Å². The Hall–Kier alpha value is -1.69. The van der Waals surface area contributed by atoms with Crippen LogP contribution in [-0.2, 0) is 27.9 Å². The van der Waals surface area contributed by atoms with Crippen molar-refractivity contribution in [3.63, 3.8) is 0 Å². The highest BCUT2D eigenvalue weighted by atomic mass is 127. The lowest BCUT2D eigenvalue weighted by Crippen LogP contribution is -2.23. The van der Waals surface area contributed by atoms with E-state index in [0.717, 1.165) is 16.8 Å². The molecule has 0 saturated heterocycles. The van der Waals surface area contributed by atoms with E-state index in [-0.39, 0.29) is 34.8 Å². The number of benzene rings is 2. The van der Waals surface area contributed by atoms with Gasteiger partial charge in [-0.1, -0.05) is 30.3 Å². The fraction of sp³-hybridized carbons (Fsp3) is 0.235. The van der Waals surface area contributed by atoms with Gasteiger partial charge in [-0.3, -0.25) is 0 Å². The fourth-order valence-electron chi connectivity index (χ4n) is 2.17. The van der Waals surface area contributed by atoms with Crippen molar-refractivity contribution in [1.82, 2.24) is 4.72 Å². The Balaban J connectivity index is 0.00000338. The van der Waals surface area contributed by atoms with E-state index in [4.69, 9.17) is 10.5 Å². The molecule has 0 atom stereocenters. The van der Waals surface area contributed by atoms with Gasteiger partial charge in [-0.05, 0) is 30.8 Å². The molecular weight excluding hydrogens is 467 g/mol. The summed E-state index contributed by atoms with van der Waals surface area (Å²) >= 11 is 0. The van der Waals surface area contributed by atoms with E-state index in [1.807, 2.05) is 24.3 Å². The Bertz CT molecular complexity index is 839. The van der Waals surface area contributed by atoms with Gasteiger partial charge in [0.1, 0.15) is 0 Å². The van der Waals surface area contributed by atoms with Gasteiger partial charge >= 0.3 is 0 Å². The quantitative estimate of drug-likeness (QED) is 0.314. The summed E-state index contributed by atoms with van der Waals surface area (Å²) in [4.78, 5) is 4.49. The summed E-state index contributed by atoms with van der Waals surface area (Å²) in [5.41, 5.74) is 8.59. The van der Waals surface area contributed by atoms with Gasteiger partial charge in [0.2, 0.25) is 10.0 Å². The first-order valence-electron chi connectivity index (χ1n) is 7.62. The first-order chi connectivity index (χ1) is 12.0. The smallest absolute Gasteiger partial charge is 0.240 e. The average Bonchev–Trinajstić information content (AvgIpc) is 2.62. The van der Waals surface area contributed by atoms with E-state index in [1.165, 1.54) is 19.2 Å². The first-order valence-corrected chi connectivity index (χ1v) is 9.11. The van der Waals surface area contributed by atoms with Crippen LogP contribution in [-0.4, -0.2) is 28.5 Å². The molecule has 0 radical (unpaired) electrons. The normalized spacial score (nSPS) is 11.7. The summed E-state index contributed by atoms with van der Waals surface area (Å²) in [7, 11) is -0.424. The molecule has 0 unspecified atom stereocenters. The van der Waals surface area contributed by atoms with Crippen LogP contribution in [0.25, 0.3) is 0 Å². The molecule has 0 spiro atoms. The Morgan fingerprint density at radius 3 is 2.42 bits per heavy atom. The number of nitrogens with one attached hydrogen (secondary N) is 2. The van der Waals surface area contributed by atoms with Crippen LogP contribution in [0.1, 0.15) is 11.1 Å². The van der Waals surface area contributed by atoms with Crippen LogP contribution in [0.2, 0.25) is 0 Å². The van der Waals surface area contributed by atoms with Crippen molar-refractivity contribution in [3.05, 3.63) is 59.7 Å². The van der Waals surface area contributed by atoms with E-state index >= 15 is 0 Å². The van der Waals surface area contributed by atoms with Crippen molar-refractivity contribution in [2.75, 3.05) is 19.5 Å². The van der Waals surface area contributed by atoms with Crippen LogP contribution in [0.5, 0.6) is 0 Å². The lowest BCUT2D eigenvalue weighted by molar-refractivity contribution is 0.185. The molecule has 0 aromatic heterocycles. The zero-order valence-electron chi connectivity index (χ0n) is 14.6. The maximum absolute atomic E-state index is 11.7. The van der Waals surface area contributed by atoms with Gasteiger partial charge in [-0.25, -0.2) is 18.1 Å². The zero-order valence-corrected chi connectivity index (χ0v) is 17.7. The molecule has 9 heteroatoms. The number of anilines is 1.